The summed E-state index contributed by atoms with van der Waals surface area (Å²) in [5.41, 5.74) is 2.01. The van der Waals surface area contributed by atoms with Gasteiger partial charge in [0.25, 0.3) is 5.91 Å². The molecule has 2 fully saturated rings. The minimum absolute atomic E-state index is 0.0165. The summed E-state index contributed by atoms with van der Waals surface area (Å²) < 4.78 is 44.8. The van der Waals surface area contributed by atoms with E-state index in [2.05, 4.69) is 9.72 Å². The van der Waals surface area contributed by atoms with Gasteiger partial charge >= 0.3 is 6.36 Å². The van der Waals surface area contributed by atoms with Crippen molar-refractivity contribution < 1.29 is 32.9 Å². The van der Waals surface area contributed by atoms with E-state index in [9.17, 15) is 28.2 Å². The molecular weight excluding hydrogens is 539 g/mol. The summed E-state index contributed by atoms with van der Waals surface area (Å²) in [5, 5.41) is 27.9. The van der Waals surface area contributed by atoms with Gasteiger partial charge in [0.15, 0.2) is 0 Å². The second-order valence-corrected chi connectivity index (χ2v) is 10.5. The molecule has 3 aromatic rings. The Bertz CT molecular complexity index is 1410. The van der Waals surface area contributed by atoms with Gasteiger partial charge < -0.3 is 29.8 Å². The van der Waals surface area contributed by atoms with E-state index in [1.807, 2.05) is 11.5 Å². The number of aliphatic hydroxyl groups is 1. The molecule has 0 bridgehead atoms. The van der Waals surface area contributed by atoms with Crippen LogP contribution in [0.25, 0.3) is 22.6 Å². The molecule has 12 heteroatoms. The molecule has 0 spiro atoms. The molecule has 2 aromatic heterocycles. The number of benzene rings is 1. The van der Waals surface area contributed by atoms with E-state index in [1.54, 1.807) is 17.0 Å². The van der Waals surface area contributed by atoms with Gasteiger partial charge in [-0.05, 0) is 50.3 Å². The number of nitrogens with one attached hydrogen (secondary N) is 1. The highest BCUT2D eigenvalue weighted by Crippen LogP contribution is 2.43. The number of aliphatic hydroxyl groups excluding tert-OH is 1. The quantitative estimate of drug-likeness (QED) is 0.294. The SMILES string of the molecule is CC[C@H](CO)C(=N)C1CCN(C(=O)c2c(-c3ccc(O)nc3)nc(-c3cccc(OC(F)(F)F)c3)n2C2CC2)CC1. The zero-order valence-electron chi connectivity index (χ0n) is 22.6. The largest absolute Gasteiger partial charge is 0.573 e. The van der Waals surface area contributed by atoms with Gasteiger partial charge in [0.05, 0.1) is 6.61 Å². The molecule has 1 saturated carbocycles. The van der Waals surface area contributed by atoms with Crippen molar-refractivity contribution >= 4 is 11.6 Å². The maximum Gasteiger partial charge on any atom is 0.573 e. The van der Waals surface area contributed by atoms with Gasteiger partial charge in [-0.3, -0.25) is 4.79 Å². The molecule has 1 aliphatic carbocycles. The number of imidazole rings is 1. The molecule has 1 amide bonds. The Hall–Kier alpha value is -3.93. The normalized spacial score (nSPS) is 17.0. The Labute approximate surface area is 235 Å². The van der Waals surface area contributed by atoms with Crippen LogP contribution in [-0.4, -0.2) is 67.3 Å². The number of alkyl halides is 3. The molecule has 2 aliphatic rings. The number of hydrogen-bond acceptors (Lipinski definition) is 7. The number of piperidine rings is 1. The van der Waals surface area contributed by atoms with Crippen molar-refractivity contribution in [3.63, 3.8) is 0 Å². The van der Waals surface area contributed by atoms with Gasteiger partial charge in [-0.15, -0.1) is 13.2 Å². The molecule has 1 saturated heterocycles. The average molecular weight is 572 g/mol. The van der Waals surface area contributed by atoms with Crippen LogP contribution in [0.4, 0.5) is 13.2 Å². The number of aromatic hydroxyl groups is 1. The number of likely N-dealkylation sites (tertiary alicyclic amines) is 1. The highest BCUT2D eigenvalue weighted by atomic mass is 19.4. The van der Waals surface area contributed by atoms with Crippen molar-refractivity contribution in [2.45, 2.75) is 51.4 Å². The fourth-order valence-electron chi connectivity index (χ4n) is 5.41. The molecule has 0 radical (unpaired) electrons. The van der Waals surface area contributed by atoms with Crippen LogP contribution in [0.1, 0.15) is 55.6 Å². The molecule has 1 aliphatic heterocycles. The first-order valence-electron chi connectivity index (χ1n) is 13.7. The van der Waals surface area contributed by atoms with Crippen molar-refractivity contribution in [2.24, 2.45) is 11.8 Å². The Morgan fingerprint density at radius 1 is 1.15 bits per heavy atom. The molecule has 218 valence electrons. The van der Waals surface area contributed by atoms with Crippen LogP contribution in [0.2, 0.25) is 0 Å². The lowest BCUT2D eigenvalue weighted by Crippen LogP contribution is -2.42. The molecule has 0 unspecified atom stereocenters. The Morgan fingerprint density at radius 3 is 2.46 bits per heavy atom. The zero-order valence-corrected chi connectivity index (χ0v) is 22.6. The first-order valence-corrected chi connectivity index (χ1v) is 13.7. The van der Waals surface area contributed by atoms with Crippen LogP contribution >= 0.6 is 0 Å². The van der Waals surface area contributed by atoms with Gasteiger partial charge in [-0.25, -0.2) is 9.97 Å². The number of carbonyl (C=O) groups is 1. The summed E-state index contributed by atoms with van der Waals surface area (Å²) >= 11 is 0. The number of amides is 1. The third kappa shape index (κ3) is 6.22. The van der Waals surface area contributed by atoms with Crippen LogP contribution < -0.4 is 4.74 Å². The molecule has 41 heavy (non-hydrogen) atoms. The van der Waals surface area contributed by atoms with Crippen LogP contribution in [-0.2, 0) is 0 Å². The smallest absolute Gasteiger partial charge is 0.493 e. The maximum atomic E-state index is 14.2. The van der Waals surface area contributed by atoms with E-state index in [-0.39, 0.29) is 42.0 Å². The van der Waals surface area contributed by atoms with Crippen molar-refractivity contribution in [1.29, 1.82) is 5.41 Å². The lowest BCUT2D eigenvalue weighted by atomic mass is 9.84. The minimum Gasteiger partial charge on any atom is -0.493 e. The van der Waals surface area contributed by atoms with E-state index in [0.29, 0.717) is 66.4 Å². The summed E-state index contributed by atoms with van der Waals surface area (Å²) in [6.07, 6.45) is -0.00583. The summed E-state index contributed by atoms with van der Waals surface area (Å²) in [5.74, 6) is -0.710. The number of carbonyl (C=O) groups excluding carboxylic acids is 1. The van der Waals surface area contributed by atoms with Gasteiger partial charge in [0.1, 0.15) is 23.0 Å². The molecule has 1 aromatic carbocycles. The van der Waals surface area contributed by atoms with Crippen LogP contribution in [0, 0.1) is 17.2 Å². The van der Waals surface area contributed by atoms with E-state index >= 15 is 0 Å². The first kappa shape index (κ1) is 28.6. The highest BCUT2D eigenvalue weighted by Gasteiger charge is 2.38. The Morgan fingerprint density at radius 2 is 1.88 bits per heavy atom. The van der Waals surface area contributed by atoms with Crippen molar-refractivity contribution in [1.82, 2.24) is 19.4 Å². The second kappa shape index (κ2) is 11.5. The number of halogens is 3. The standard InChI is InChI=1S/C29H32F3N5O4/c1-2-17(16-38)24(33)18-10-12-36(13-11-18)28(40)26-25(20-6-9-23(39)34-15-20)35-27(37(26)21-7-8-21)19-4-3-5-22(14-19)41-29(30,31)32/h3-6,9,14-15,17-18,21,33,38H,2,7-8,10-13,16H2,1H3,(H,34,39)/t17-/m1/s1. The van der Waals surface area contributed by atoms with Gasteiger partial charge in [0.2, 0.25) is 5.88 Å². The van der Waals surface area contributed by atoms with Crippen molar-refractivity contribution in [3.05, 3.63) is 48.3 Å². The predicted octanol–water partition coefficient (Wildman–Crippen LogP) is 5.44. The van der Waals surface area contributed by atoms with Crippen LogP contribution in [0.3, 0.4) is 0 Å². The third-order valence-electron chi connectivity index (χ3n) is 7.75. The van der Waals surface area contributed by atoms with Crippen LogP contribution in [0.15, 0.2) is 42.6 Å². The fraction of sp³-hybridized carbons (Fsp3) is 0.448. The molecule has 9 nitrogen and oxygen atoms in total. The van der Waals surface area contributed by atoms with Crippen LogP contribution in [0.5, 0.6) is 11.6 Å². The minimum atomic E-state index is -4.86. The summed E-state index contributed by atoms with van der Waals surface area (Å²) in [6.45, 7) is 2.70. The molecule has 3 heterocycles. The summed E-state index contributed by atoms with van der Waals surface area (Å²) in [6, 6.07) is 8.47. The van der Waals surface area contributed by atoms with Gasteiger partial charge in [0, 0.05) is 60.1 Å². The average Bonchev–Trinajstić information content (AvgIpc) is 3.72. The molecule has 5 rings (SSSR count). The number of rotatable bonds is 9. The monoisotopic (exact) mass is 571 g/mol. The predicted molar refractivity (Wildman–Crippen MR) is 145 cm³/mol. The number of pyridine rings is 1. The van der Waals surface area contributed by atoms with E-state index in [0.717, 1.165) is 12.8 Å². The Kier molecular flexibility index (Phi) is 8.03. The number of aromatic nitrogens is 3. The zero-order chi connectivity index (χ0) is 29.3. The van der Waals surface area contributed by atoms with E-state index in [4.69, 9.17) is 10.4 Å². The topological polar surface area (TPSA) is 125 Å². The third-order valence-corrected chi connectivity index (χ3v) is 7.75. The number of nitrogens with zero attached hydrogens (tertiary/aromatic N) is 4. The highest BCUT2D eigenvalue weighted by molar-refractivity contribution is 6.00. The molecule has 3 N–H and O–H groups in total. The lowest BCUT2D eigenvalue weighted by Gasteiger charge is -2.34. The fourth-order valence-corrected chi connectivity index (χ4v) is 5.41. The number of ether oxygens (including phenoxy) is 1. The van der Waals surface area contributed by atoms with Gasteiger partial charge in [-0.1, -0.05) is 19.1 Å². The molecule has 1 atom stereocenters. The molecular formula is C29H32F3N5O4. The summed E-state index contributed by atoms with van der Waals surface area (Å²) in [7, 11) is 0. The summed E-state index contributed by atoms with van der Waals surface area (Å²) in [4.78, 5) is 24.6. The van der Waals surface area contributed by atoms with E-state index in [1.165, 1.54) is 30.5 Å². The second-order valence-electron chi connectivity index (χ2n) is 10.5. The van der Waals surface area contributed by atoms with E-state index < -0.39 is 6.36 Å². The van der Waals surface area contributed by atoms with Crippen molar-refractivity contribution in [3.8, 4) is 34.3 Å². The van der Waals surface area contributed by atoms with Gasteiger partial charge in [-0.2, -0.15) is 0 Å². The Balaban J connectivity index is 1.53. The first-order chi connectivity index (χ1) is 19.6. The van der Waals surface area contributed by atoms with Crippen molar-refractivity contribution in [2.75, 3.05) is 19.7 Å². The lowest BCUT2D eigenvalue weighted by molar-refractivity contribution is -0.274. The maximum absolute atomic E-state index is 14.2. The number of hydrogen-bond donors (Lipinski definition) is 3.